The standard InChI is InChI=1S/C24H25F3N4/c1-16-7-5-6-10-21(16)30-22-20(24(25,26)27)15-28-23(31-22)29-19-13-11-18(12-14-19)17-8-3-2-4-9-17/h5-7,10-15,17H,2-4,8-9H2,1H3,(H2,28,29,30,31). The molecule has 0 amide bonds. The molecule has 7 heteroatoms. The molecule has 1 fully saturated rings. The minimum absolute atomic E-state index is 0.106. The summed E-state index contributed by atoms with van der Waals surface area (Å²) in [6.07, 6.45) is 2.50. The van der Waals surface area contributed by atoms with Gasteiger partial charge in [-0.1, -0.05) is 49.6 Å². The number of hydrogen-bond donors (Lipinski definition) is 2. The second-order valence-corrected chi connectivity index (χ2v) is 7.98. The molecule has 0 saturated heterocycles. The third kappa shape index (κ3) is 5.16. The van der Waals surface area contributed by atoms with E-state index in [2.05, 4.69) is 32.7 Å². The topological polar surface area (TPSA) is 49.8 Å². The highest BCUT2D eigenvalue weighted by molar-refractivity contribution is 5.65. The van der Waals surface area contributed by atoms with Crippen LogP contribution in [0.25, 0.3) is 0 Å². The number of aryl methyl sites for hydroxylation is 1. The Morgan fingerprint density at radius 2 is 1.61 bits per heavy atom. The monoisotopic (exact) mass is 426 g/mol. The van der Waals surface area contributed by atoms with Crippen LogP contribution in [0.1, 0.15) is 54.7 Å². The van der Waals surface area contributed by atoms with Crippen LogP contribution >= 0.6 is 0 Å². The van der Waals surface area contributed by atoms with Gasteiger partial charge < -0.3 is 10.6 Å². The van der Waals surface area contributed by atoms with Crippen molar-refractivity contribution in [3.8, 4) is 0 Å². The van der Waals surface area contributed by atoms with Crippen molar-refractivity contribution in [2.24, 2.45) is 0 Å². The van der Waals surface area contributed by atoms with Gasteiger partial charge in [-0.15, -0.1) is 0 Å². The van der Waals surface area contributed by atoms with Crippen LogP contribution in [0.3, 0.4) is 0 Å². The molecule has 162 valence electrons. The van der Waals surface area contributed by atoms with Gasteiger partial charge in [0.05, 0.1) is 0 Å². The van der Waals surface area contributed by atoms with Crippen molar-refractivity contribution < 1.29 is 13.2 Å². The van der Waals surface area contributed by atoms with E-state index in [0.29, 0.717) is 11.6 Å². The van der Waals surface area contributed by atoms with E-state index in [-0.39, 0.29) is 11.8 Å². The number of anilines is 4. The van der Waals surface area contributed by atoms with Gasteiger partial charge in [-0.05, 0) is 55.0 Å². The molecule has 1 aliphatic rings. The number of halogens is 3. The first-order chi connectivity index (χ1) is 14.9. The zero-order valence-corrected chi connectivity index (χ0v) is 17.3. The molecule has 3 aromatic rings. The van der Waals surface area contributed by atoms with Crippen LogP contribution in [-0.4, -0.2) is 9.97 Å². The number of rotatable bonds is 5. The molecule has 0 aliphatic heterocycles. The van der Waals surface area contributed by atoms with Crippen LogP contribution in [0.5, 0.6) is 0 Å². The lowest BCUT2D eigenvalue weighted by molar-refractivity contribution is -0.137. The van der Waals surface area contributed by atoms with Crippen molar-refractivity contribution in [2.45, 2.75) is 51.1 Å². The van der Waals surface area contributed by atoms with E-state index in [9.17, 15) is 13.2 Å². The van der Waals surface area contributed by atoms with Crippen LogP contribution in [0.2, 0.25) is 0 Å². The number of para-hydroxylation sites is 1. The van der Waals surface area contributed by atoms with Crippen molar-refractivity contribution in [3.05, 3.63) is 71.4 Å². The van der Waals surface area contributed by atoms with Crippen molar-refractivity contribution >= 4 is 23.1 Å². The summed E-state index contributed by atoms with van der Waals surface area (Å²) in [5.74, 6) is 0.419. The quantitative estimate of drug-likeness (QED) is 0.448. The van der Waals surface area contributed by atoms with Gasteiger partial charge in [-0.3, -0.25) is 0 Å². The first-order valence-electron chi connectivity index (χ1n) is 10.5. The summed E-state index contributed by atoms with van der Waals surface area (Å²) in [7, 11) is 0. The first-order valence-corrected chi connectivity index (χ1v) is 10.5. The van der Waals surface area contributed by atoms with E-state index < -0.39 is 11.7 Å². The van der Waals surface area contributed by atoms with Crippen LogP contribution in [0.15, 0.2) is 54.7 Å². The SMILES string of the molecule is Cc1ccccc1Nc1nc(Nc2ccc(C3CCCCC3)cc2)ncc1C(F)(F)F. The maximum Gasteiger partial charge on any atom is 0.421 e. The zero-order chi connectivity index (χ0) is 21.8. The first kappa shape index (κ1) is 21.2. The maximum absolute atomic E-state index is 13.5. The molecule has 4 nitrogen and oxygen atoms in total. The van der Waals surface area contributed by atoms with Gasteiger partial charge >= 0.3 is 6.18 Å². The number of nitrogens with zero attached hydrogens (tertiary/aromatic N) is 2. The number of hydrogen-bond acceptors (Lipinski definition) is 4. The van der Waals surface area contributed by atoms with E-state index in [4.69, 9.17) is 0 Å². The van der Waals surface area contributed by atoms with Gasteiger partial charge in [-0.25, -0.2) is 4.98 Å². The number of aromatic nitrogens is 2. The molecule has 0 radical (unpaired) electrons. The number of benzene rings is 2. The van der Waals surface area contributed by atoms with Crippen molar-refractivity contribution in [1.29, 1.82) is 0 Å². The Morgan fingerprint density at radius 3 is 2.29 bits per heavy atom. The molecule has 1 aliphatic carbocycles. The fraction of sp³-hybridized carbons (Fsp3) is 0.333. The lowest BCUT2D eigenvalue weighted by Crippen LogP contribution is -2.13. The summed E-state index contributed by atoms with van der Waals surface area (Å²) in [4.78, 5) is 8.02. The summed E-state index contributed by atoms with van der Waals surface area (Å²) in [5, 5.41) is 5.84. The molecule has 0 bridgehead atoms. The summed E-state index contributed by atoms with van der Waals surface area (Å²) in [6.45, 7) is 1.82. The van der Waals surface area contributed by atoms with Crippen LogP contribution in [-0.2, 0) is 6.18 Å². The Labute approximate surface area is 179 Å². The van der Waals surface area contributed by atoms with Gasteiger partial charge in [0.25, 0.3) is 0 Å². The van der Waals surface area contributed by atoms with Gasteiger partial charge in [0.1, 0.15) is 11.4 Å². The second-order valence-electron chi connectivity index (χ2n) is 7.98. The van der Waals surface area contributed by atoms with Crippen LogP contribution in [0, 0.1) is 6.92 Å². The minimum Gasteiger partial charge on any atom is -0.339 e. The molecule has 2 N–H and O–H groups in total. The lowest BCUT2D eigenvalue weighted by atomic mass is 9.84. The zero-order valence-electron chi connectivity index (χ0n) is 17.3. The molecular formula is C24H25F3N4. The van der Waals surface area contributed by atoms with Gasteiger partial charge in [-0.2, -0.15) is 18.2 Å². The Morgan fingerprint density at radius 1 is 0.903 bits per heavy atom. The fourth-order valence-corrected chi connectivity index (χ4v) is 3.99. The largest absolute Gasteiger partial charge is 0.421 e. The Hall–Kier alpha value is -3.09. The summed E-state index contributed by atoms with van der Waals surface area (Å²) < 4.78 is 40.5. The van der Waals surface area contributed by atoms with E-state index >= 15 is 0 Å². The van der Waals surface area contributed by atoms with Crippen molar-refractivity contribution in [2.75, 3.05) is 10.6 Å². The highest BCUT2D eigenvalue weighted by Crippen LogP contribution is 2.36. The summed E-state index contributed by atoms with van der Waals surface area (Å²) >= 11 is 0. The maximum atomic E-state index is 13.5. The Balaban J connectivity index is 1.56. The average molecular weight is 426 g/mol. The van der Waals surface area contributed by atoms with E-state index in [1.54, 1.807) is 12.1 Å². The van der Waals surface area contributed by atoms with E-state index in [1.165, 1.54) is 37.7 Å². The smallest absolute Gasteiger partial charge is 0.339 e. The Kier molecular flexibility index (Phi) is 6.11. The van der Waals surface area contributed by atoms with Crippen LogP contribution in [0.4, 0.5) is 36.3 Å². The molecule has 0 unspecified atom stereocenters. The third-order valence-corrected chi connectivity index (χ3v) is 5.74. The van der Waals surface area contributed by atoms with Gasteiger partial charge in [0, 0.05) is 17.6 Å². The molecule has 1 heterocycles. The van der Waals surface area contributed by atoms with Gasteiger partial charge in [0.15, 0.2) is 0 Å². The molecule has 0 atom stereocenters. The predicted molar refractivity (Wildman–Crippen MR) is 117 cm³/mol. The Bertz CT molecular complexity index is 1030. The molecule has 1 saturated carbocycles. The predicted octanol–water partition coefficient (Wildman–Crippen LogP) is 7.34. The number of alkyl halides is 3. The van der Waals surface area contributed by atoms with Crippen molar-refractivity contribution in [1.82, 2.24) is 9.97 Å². The highest BCUT2D eigenvalue weighted by atomic mass is 19.4. The lowest BCUT2D eigenvalue weighted by Gasteiger charge is -2.22. The molecule has 0 spiro atoms. The molecular weight excluding hydrogens is 401 g/mol. The number of nitrogens with one attached hydrogen (secondary N) is 2. The van der Waals surface area contributed by atoms with E-state index in [0.717, 1.165) is 17.4 Å². The van der Waals surface area contributed by atoms with Crippen LogP contribution < -0.4 is 10.6 Å². The summed E-state index contributed by atoms with van der Waals surface area (Å²) in [5.41, 5.74) is 2.52. The fourth-order valence-electron chi connectivity index (χ4n) is 3.99. The third-order valence-electron chi connectivity index (χ3n) is 5.74. The molecule has 1 aromatic heterocycles. The van der Waals surface area contributed by atoms with E-state index in [1.807, 2.05) is 31.2 Å². The highest BCUT2D eigenvalue weighted by Gasteiger charge is 2.35. The minimum atomic E-state index is -4.56. The van der Waals surface area contributed by atoms with Crippen molar-refractivity contribution in [3.63, 3.8) is 0 Å². The molecule has 31 heavy (non-hydrogen) atoms. The van der Waals surface area contributed by atoms with Gasteiger partial charge in [0.2, 0.25) is 5.95 Å². The summed E-state index contributed by atoms with van der Waals surface area (Å²) in [6, 6.07) is 15.1. The normalized spacial score (nSPS) is 15.0. The average Bonchev–Trinajstić information content (AvgIpc) is 2.76. The molecule has 4 rings (SSSR count). The molecule has 2 aromatic carbocycles. The second kappa shape index (κ2) is 8.96.